The van der Waals surface area contributed by atoms with Crippen molar-refractivity contribution < 1.29 is 0 Å². The minimum atomic E-state index is 0.749. The summed E-state index contributed by atoms with van der Waals surface area (Å²) in [5.41, 5.74) is 9.48. The number of aryl methyl sites for hydroxylation is 1. The van der Waals surface area contributed by atoms with Crippen molar-refractivity contribution in [2.24, 2.45) is 0 Å². The van der Waals surface area contributed by atoms with Gasteiger partial charge >= 0.3 is 0 Å². The molecule has 0 spiro atoms. The Morgan fingerprint density at radius 3 is 2.77 bits per heavy atom. The van der Waals surface area contributed by atoms with Crippen LogP contribution < -0.4 is 5.73 Å². The smallest absolute Gasteiger partial charge is 0.0715 e. The molecule has 0 saturated carbocycles. The van der Waals surface area contributed by atoms with Crippen LogP contribution in [0.3, 0.4) is 0 Å². The van der Waals surface area contributed by atoms with E-state index in [2.05, 4.69) is 16.4 Å². The summed E-state index contributed by atoms with van der Waals surface area (Å²) in [6, 6.07) is 5.91. The number of aromatic nitrogens is 1. The summed E-state index contributed by atoms with van der Waals surface area (Å²) in [5, 5.41) is 4.13. The Hall–Kier alpha value is -1.35. The van der Waals surface area contributed by atoms with Gasteiger partial charge in [0.1, 0.15) is 0 Å². The van der Waals surface area contributed by atoms with Crippen molar-refractivity contribution in [3.8, 4) is 11.3 Å². The highest BCUT2D eigenvalue weighted by atomic mass is 32.1. The maximum Gasteiger partial charge on any atom is 0.0715 e. The second kappa shape index (κ2) is 3.18. The zero-order chi connectivity index (χ0) is 9.26. The Bertz CT molecular complexity index is 407. The minimum Gasteiger partial charge on any atom is -0.397 e. The van der Waals surface area contributed by atoms with Crippen LogP contribution in [-0.2, 0) is 0 Å². The van der Waals surface area contributed by atoms with Gasteiger partial charge < -0.3 is 5.73 Å². The number of thiophene rings is 1. The van der Waals surface area contributed by atoms with E-state index in [1.807, 2.05) is 24.4 Å². The summed E-state index contributed by atoms with van der Waals surface area (Å²) in [7, 11) is 0. The quantitative estimate of drug-likeness (QED) is 0.751. The van der Waals surface area contributed by atoms with E-state index in [4.69, 9.17) is 5.73 Å². The van der Waals surface area contributed by atoms with Gasteiger partial charge in [0.25, 0.3) is 0 Å². The zero-order valence-electron chi connectivity index (χ0n) is 7.32. The Morgan fingerprint density at radius 2 is 2.15 bits per heavy atom. The summed E-state index contributed by atoms with van der Waals surface area (Å²) in [6.07, 6.45) is 0. The van der Waals surface area contributed by atoms with Gasteiger partial charge in [0, 0.05) is 10.9 Å². The van der Waals surface area contributed by atoms with Crippen LogP contribution >= 0.6 is 11.3 Å². The van der Waals surface area contributed by atoms with E-state index >= 15 is 0 Å². The van der Waals surface area contributed by atoms with Crippen molar-refractivity contribution in [1.82, 2.24) is 4.98 Å². The number of anilines is 1. The van der Waals surface area contributed by atoms with Crippen LogP contribution in [0.2, 0.25) is 0 Å². The lowest BCUT2D eigenvalue weighted by Gasteiger charge is -2.01. The van der Waals surface area contributed by atoms with E-state index in [1.54, 1.807) is 11.3 Å². The fourth-order valence-electron chi connectivity index (χ4n) is 1.14. The van der Waals surface area contributed by atoms with Crippen molar-refractivity contribution in [1.29, 1.82) is 0 Å². The molecule has 0 atom stereocenters. The maximum absolute atomic E-state index is 5.68. The Labute approximate surface area is 81.1 Å². The van der Waals surface area contributed by atoms with E-state index in [9.17, 15) is 0 Å². The molecule has 2 N–H and O–H groups in total. The van der Waals surface area contributed by atoms with E-state index < -0.39 is 0 Å². The van der Waals surface area contributed by atoms with Gasteiger partial charge in [0.15, 0.2) is 0 Å². The first-order chi connectivity index (χ1) is 6.27. The number of hydrogen-bond acceptors (Lipinski definition) is 3. The maximum atomic E-state index is 5.68. The number of nitrogen functional groups attached to an aromatic ring is 1. The summed E-state index contributed by atoms with van der Waals surface area (Å²) < 4.78 is 0. The Balaban J connectivity index is 2.49. The van der Waals surface area contributed by atoms with Gasteiger partial charge in [-0.25, -0.2) is 0 Å². The molecule has 2 heterocycles. The second-order valence-corrected chi connectivity index (χ2v) is 3.66. The molecule has 2 rings (SSSR count). The molecule has 0 aliphatic rings. The monoisotopic (exact) mass is 190 g/mol. The SMILES string of the molecule is Cc1nc(-c2ccsc2)ccc1N. The number of rotatable bonds is 1. The van der Waals surface area contributed by atoms with Crippen LogP contribution in [0.5, 0.6) is 0 Å². The predicted molar refractivity (Wildman–Crippen MR) is 56.7 cm³/mol. The van der Waals surface area contributed by atoms with Gasteiger partial charge in [-0.2, -0.15) is 11.3 Å². The first-order valence-corrected chi connectivity index (χ1v) is 4.97. The molecule has 13 heavy (non-hydrogen) atoms. The fraction of sp³-hybridized carbons (Fsp3) is 0.100. The van der Waals surface area contributed by atoms with Crippen molar-refractivity contribution in [3.63, 3.8) is 0 Å². The van der Waals surface area contributed by atoms with Crippen LogP contribution in [0.15, 0.2) is 29.0 Å². The fourth-order valence-corrected chi connectivity index (χ4v) is 1.79. The average Bonchev–Trinajstić information content (AvgIpc) is 2.62. The summed E-state index contributed by atoms with van der Waals surface area (Å²) >= 11 is 1.67. The molecule has 2 nitrogen and oxygen atoms in total. The van der Waals surface area contributed by atoms with Crippen molar-refractivity contribution in [2.45, 2.75) is 6.92 Å². The Morgan fingerprint density at radius 1 is 1.31 bits per heavy atom. The van der Waals surface area contributed by atoms with E-state index in [1.165, 1.54) is 0 Å². The summed E-state index contributed by atoms with van der Waals surface area (Å²) in [6.45, 7) is 1.92. The van der Waals surface area contributed by atoms with Gasteiger partial charge in [-0.05, 0) is 30.5 Å². The molecular formula is C10H10N2S. The number of nitrogens with zero attached hydrogens (tertiary/aromatic N) is 1. The molecule has 0 radical (unpaired) electrons. The molecular weight excluding hydrogens is 180 g/mol. The van der Waals surface area contributed by atoms with E-state index in [0.717, 1.165) is 22.6 Å². The molecule has 0 aliphatic carbocycles. The molecule has 0 fully saturated rings. The zero-order valence-corrected chi connectivity index (χ0v) is 8.14. The van der Waals surface area contributed by atoms with Crippen molar-refractivity contribution in [3.05, 3.63) is 34.7 Å². The van der Waals surface area contributed by atoms with Crippen LogP contribution in [0.1, 0.15) is 5.69 Å². The molecule has 2 aromatic rings. The molecule has 66 valence electrons. The molecule has 0 aromatic carbocycles. The number of pyridine rings is 1. The molecule has 0 aliphatic heterocycles. The van der Waals surface area contributed by atoms with Gasteiger partial charge in [0.2, 0.25) is 0 Å². The highest BCUT2D eigenvalue weighted by Gasteiger charge is 2.01. The third-order valence-electron chi connectivity index (χ3n) is 1.94. The van der Waals surface area contributed by atoms with Gasteiger partial charge in [-0.1, -0.05) is 0 Å². The van der Waals surface area contributed by atoms with E-state index in [-0.39, 0.29) is 0 Å². The van der Waals surface area contributed by atoms with Crippen LogP contribution in [0.4, 0.5) is 5.69 Å². The highest BCUT2D eigenvalue weighted by Crippen LogP contribution is 2.21. The van der Waals surface area contributed by atoms with Crippen LogP contribution in [0, 0.1) is 6.92 Å². The number of nitrogens with two attached hydrogens (primary N) is 1. The average molecular weight is 190 g/mol. The molecule has 3 heteroatoms. The third-order valence-corrected chi connectivity index (χ3v) is 2.63. The van der Waals surface area contributed by atoms with E-state index in [0.29, 0.717) is 0 Å². The molecule has 0 bridgehead atoms. The molecule has 0 unspecified atom stereocenters. The largest absolute Gasteiger partial charge is 0.397 e. The van der Waals surface area contributed by atoms with Gasteiger partial charge in [-0.3, -0.25) is 4.98 Å². The van der Waals surface area contributed by atoms with Gasteiger partial charge in [-0.15, -0.1) is 0 Å². The minimum absolute atomic E-state index is 0.749. The summed E-state index contributed by atoms with van der Waals surface area (Å²) in [4.78, 5) is 4.40. The summed E-state index contributed by atoms with van der Waals surface area (Å²) in [5.74, 6) is 0. The van der Waals surface area contributed by atoms with Crippen molar-refractivity contribution in [2.75, 3.05) is 5.73 Å². The predicted octanol–water partition coefficient (Wildman–Crippen LogP) is 2.70. The topological polar surface area (TPSA) is 38.9 Å². The molecule has 2 aromatic heterocycles. The second-order valence-electron chi connectivity index (χ2n) is 2.88. The Kier molecular flexibility index (Phi) is 2.02. The van der Waals surface area contributed by atoms with Gasteiger partial charge in [0.05, 0.1) is 17.1 Å². The lowest BCUT2D eigenvalue weighted by molar-refractivity contribution is 1.21. The highest BCUT2D eigenvalue weighted by molar-refractivity contribution is 7.08. The standard InChI is InChI=1S/C10H10N2S/c1-7-9(11)2-3-10(12-7)8-4-5-13-6-8/h2-6H,11H2,1H3. The normalized spacial score (nSPS) is 10.2. The first kappa shape index (κ1) is 8.26. The van der Waals surface area contributed by atoms with Crippen LogP contribution in [0.25, 0.3) is 11.3 Å². The first-order valence-electron chi connectivity index (χ1n) is 4.03. The van der Waals surface area contributed by atoms with Crippen molar-refractivity contribution >= 4 is 17.0 Å². The lowest BCUT2D eigenvalue weighted by Crippen LogP contribution is -1.93. The third kappa shape index (κ3) is 1.55. The van der Waals surface area contributed by atoms with Crippen LogP contribution in [-0.4, -0.2) is 4.98 Å². The number of hydrogen-bond donors (Lipinski definition) is 1. The molecule has 0 saturated heterocycles. The lowest BCUT2D eigenvalue weighted by atomic mass is 10.2. The molecule has 0 amide bonds.